The number of carboxylic acids is 1. The van der Waals surface area contributed by atoms with Gasteiger partial charge in [0.05, 0.1) is 12.7 Å². The number of thioether (sulfide) groups is 1. The Morgan fingerprint density at radius 2 is 1.95 bits per heavy atom. The fraction of sp³-hybridized carbons (Fsp3) is 0.467. The van der Waals surface area contributed by atoms with Crippen LogP contribution in [-0.4, -0.2) is 41.1 Å². The van der Waals surface area contributed by atoms with Gasteiger partial charge in [-0.1, -0.05) is 0 Å². The van der Waals surface area contributed by atoms with E-state index in [9.17, 15) is 14.7 Å². The van der Waals surface area contributed by atoms with Crippen molar-refractivity contribution in [3.05, 3.63) is 23.8 Å². The van der Waals surface area contributed by atoms with E-state index in [2.05, 4.69) is 0 Å². The molecule has 0 saturated carbocycles. The van der Waals surface area contributed by atoms with Crippen molar-refractivity contribution in [2.24, 2.45) is 0 Å². The maximum atomic E-state index is 11.7. The molecule has 0 bridgehead atoms. The average molecular weight is 310 g/mol. The molecule has 1 N–H and O–H groups in total. The molecule has 0 atom stereocenters. The van der Waals surface area contributed by atoms with E-state index in [0.29, 0.717) is 24.2 Å². The molecule has 0 aliphatic carbocycles. The Labute approximate surface area is 127 Å². The van der Waals surface area contributed by atoms with Gasteiger partial charge < -0.3 is 14.6 Å². The number of carbonyl (C=O) groups excluding carboxylic acids is 1. The number of benzene rings is 1. The van der Waals surface area contributed by atoms with Crippen LogP contribution in [0.5, 0.6) is 11.5 Å². The number of carbonyl (C=O) groups is 2. The number of methoxy groups -OCH3 is 1. The molecule has 0 amide bonds. The lowest BCUT2D eigenvalue weighted by atomic mass is 9.96. The predicted octanol–water partition coefficient (Wildman–Crippen LogP) is 2.63. The second kappa shape index (κ2) is 6.39. The molecule has 1 saturated heterocycles. The van der Waals surface area contributed by atoms with Crippen LogP contribution in [0.15, 0.2) is 18.2 Å². The van der Waals surface area contributed by atoms with Gasteiger partial charge in [-0.25, -0.2) is 4.79 Å². The lowest BCUT2D eigenvalue weighted by Crippen LogP contribution is -2.47. The van der Waals surface area contributed by atoms with E-state index in [1.165, 1.54) is 14.0 Å². The number of carboxylic acid groups (broad SMARTS) is 1. The van der Waals surface area contributed by atoms with E-state index < -0.39 is 11.6 Å². The molecular weight excluding hydrogens is 292 g/mol. The fourth-order valence-electron chi connectivity index (χ4n) is 2.28. The maximum Gasteiger partial charge on any atom is 0.348 e. The van der Waals surface area contributed by atoms with Crippen LogP contribution in [-0.2, 0) is 4.79 Å². The van der Waals surface area contributed by atoms with Crippen LogP contribution in [0.4, 0.5) is 0 Å². The van der Waals surface area contributed by atoms with Crippen molar-refractivity contribution in [2.75, 3.05) is 18.6 Å². The highest BCUT2D eigenvalue weighted by Gasteiger charge is 2.43. The Kier molecular flexibility index (Phi) is 4.77. The molecule has 5 nitrogen and oxygen atoms in total. The highest BCUT2D eigenvalue weighted by molar-refractivity contribution is 7.99. The molecule has 21 heavy (non-hydrogen) atoms. The Morgan fingerprint density at radius 1 is 1.29 bits per heavy atom. The first-order valence-electron chi connectivity index (χ1n) is 6.67. The quantitative estimate of drug-likeness (QED) is 0.843. The number of rotatable bonds is 5. The molecule has 0 unspecified atom stereocenters. The molecule has 0 aromatic heterocycles. The summed E-state index contributed by atoms with van der Waals surface area (Å²) < 4.78 is 11.0. The van der Waals surface area contributed by atoms with Gasteiger partial charge in [-0.2, -0.15) is 11.8 Å². The van der Waals surface area contributed by atoms with Gasteiger partial charge in [0, 0.05) is 18.9 Å². The Bertz CT molecular complexity index is 549. The van der Waals surface area contributed by atoms with Gasteiger partial charge in [0.1, 0.15) is 11.5 Å². The third-order valence-corrected chi connectivity index (χ3v) is 4.55. The normalized spacial score (nSPS) is 17.0. The van der Waals surface area contributed by atoms with Gasteiger partial charge in [-0.3, -0.25) is 4.79 Å². The van der Waals surface area contributed by atoms with Crippen molar-refractivity contribution in [3.63, 3.8) is 0 Å². The summed E-state index contributed by atoms with van der Waals surface area (Å²) in [4.78, 5) is 23.4. The number of Topliss-reactive ketones (excluding diaryl/α,β-unsaturated/α-hetero) is 1. The van der Waals surface area contributed by atoms with Gasteiger partial charge >= 0.3 is 5.97 Å². The minimum atomic E-state index is -1.26. The molecular formula is C15H18O5S. The van der Waals surface area contributed by atoms with Crippen LogP contribution in [0.2, 0.25) is 0 Å². The first kappa shape index (κ1) is 15.7. The fourth-order valence-corrected chi connectivity index (χ4v) is 3.43. The summed E-state index contributed by atoms with van der Waals surface area (Å²) in [5.41, 5.74) is -0.892. The maximum absolute atomic E-state index is 11.7. The van der Waals surface area contributed by atoms with E-state index in [-0.39, 0.29) is 11.5 Å². The minimum absolute atomic E-state index is 0.168. The standard InChI is InChI=1S/C15H18O5S/c1-10(16)12-4-3-11(19-2)9-13(12)20-15(14(17)18)5-7-21-8-6-15/h3-4,9H,5-8H2,1-2H3,(H,17,18). The van der Waals surface area contributed by atoms with Crippen LogP contribution in [0.1, 0.15) is 30.1 Å². The predicted molar refractivity (Wildman–Crippen MR) is 80.6 cm³/mol. The molecule has 1 aliphatic heterocycles. The van der Waals surface area contributed by atoms with Crippen molar-refractivity contribution in [1.82, 2.24) is 0 Å². The van der Waals surface area contributed by atoms with Crippen LogP contribution >= 0.6 is 11.8 Å². The molecule has 6 heteroatoms. The first-order chi connectivity index (χ1) is 9.98. The van der Waals surface area contributed by atoms with Crippen molar-refractivity contribution >= 4 is 23.5 Å². The lowest BCUT2D eigenvalue weighted by Gasteiger charge is -2.34. The lowest BCUT2D eigenvalue weighted by molar-refractivity contribution is -0.156. The zero-order chi connectivity index (χ0) is 15.5. The summed E-state index contributed by atoms with van der Waals surface area (Å²) in [6.45, 7) is 1.43. The van der Waals surface area contributed by atoms with Crippen LogP contribution in [0.3, 0.4) is 0 Å². The Hall–Kier alpha value is -1.69. The molecule has 1 aliphatic rings. The van der Waals surface area contributed by atoms with Crippen molar-refractivity contribution < 1.29 is 24.2 Å². The molecule has 2 rings (SSSR count). The molecule has 0 radical (unpaired) electrons. The van der Waals surface area contributed by atoms with Crippen LogP contribution in [0, 0.1) is 0 Å². The van der Waals surface area contributed by atoms with Gasteiger partial charge in [0.15, 0.2) is 5.78 Å². The van der Waals surface area contributed by atoms with Gasteiger partial charge in [-0.15, -0.1) is 0 Å². The Morgan fingerprint density at radius 3 is 2.48 bits per heavy atom. The second-order valence-electron chi connectivity index (χ2n) is 4.93. The molecule has 1 fully saturated rings. The van der Waals surface area contributed by atoms with Gasteiger partial charge in [0.2, 0.25) is 5.60 Å². The second-order valence-corrected chi connectivity index (χ2v) is 6.16. The molecule has 0 spiro atoms. The number of ether oxygens (including phenoxy) is 2. The summed E-state index contributed by atoms with van der Waals surface area (Å²) in [6, 6.07) is 4.83. The molecule has 1 heterocycles. The van der Waals surface area contributed by atoms with E-state index in [0.717, 1.165) is 11.5 Å². The largest absolute Gasteiger partial charge is 0.497 e. The number of ketones is 1. The summed E-state index contributed by atoms with van der Waals surface area (Å²) in [7, 11) is 1.51. The van der Waals surface area contributed by atoms with E-state index in [4.69, 9.17) is 9.47 Å². The molecule has 1 aromatic rings. The van der Waals surface area contributed by atoms with Crippen molar-refractivity contribution in [2.45, 2.75) is 25.4 Å². The van der Waals surface area contributed by atoms with Gasteiger partial charge in [-0.05, 0) is 30.6 Å². The molecule has 1 aromatic carbocycles. The van der Waals surface area contributed by atoms with Crippen molar-refractivity contribution in [3.8, 4) is 11.5 Å². The summed E-state index contributed by atoms with van der Waals surface area (Å²) in [5, 5.41) is 9.56. The Balaban J connectivity index is 2.39. The summed E-state index contributed by atoms with van der Waals surface area (Å²) >= 11 is 1.71. The van der Waals surface area contributed by atoms with E-state index in [1.807, 2.05) is 0 Å². The summed E-state index contributed by atoms with van der Waals surface area (Å²) in [6.07, 6.45) is 0.836. The third-order valence-electron chi connectivity index (χ3n) is 3.56. The van der Waals surface area contributed by atoms with Gasteiger partial charge in [0.25, 0.3) is 0 Å². The SMILES string of the molecule is COc1ccc(C(C)=O)c(OC2(C(=O)O)CCSCC2)c1. The monoisotopic (exact) mass is 310 g/mol. The highest BCUT2D eigenvalue weighted by atomic mass is 32.2. The van der Waals surface area contributed by atoms with Crippen molar-refractivity contribution in [1.29, 1.82) is 0 Å². The zero-order valence-corrected chi connectivity index (χ0v) is 12.9. The highest BCUT2D eigenvalue weighted by Crippen LogP contribution is 2.35. The first-order valence-corrected chi connectivity index (χ1v) is 7.83. The summed E-state index contributed by atoms with van der Waals surface area (Å²) in [5.74, 6) is 1.10. The zero-order valence-electron chi connectivity index (χ0n) is 12.0. The topological polar surface area (TPSA) is 72.8 Å². The van der Waals surface area contributed by atoms with Crippen LogP contribution in [0.25, 0.3) is 0 Å². The molecule has 114 valence electrons. The third kappa shape index (κ3) is 3.32. The number of hydrogen-bond acceptors (Lipinski definition) is 5. The average Bonchev–Trinajstić information content (AvgIpc) is 2.47. The van der Waals surface area contributed by atoms with Crippen LogP contribution < -0.4 is 9.47 Å². The van der Waals surface area contributed by atoms with E-state index in [1.54, 1.807) is 30.0 Å². The smallest absolute Gasteiger partial charge is 0.348 e. The minimum Gasteiger partial charge on any atom is -0.497 e. The number of hydrogen-bond donors (Lipinski definition) is 1. The van der Waals surface area contributed by atoms with E-state index >= 15 is 0 Å². The number of aliphatic carboxylic acids is 1.